The van der Waals surface area contributed by atoms with E-state index in [9.17, 15) is 22.4 Å². The Labute approximate surface area is 115 Å². The standard InChI is InChI=1S/C13H8F4O2S/c1-19-8-5-11(20-6-8)12(18)7-2-3-9(10(14)4-7)13(15,16)17/h2-6H,1H3. The van der Waals surface area contributed by atoms with Gasteiger partial charge in [0.15, 0.2) is 0 Å². The maximum Gasteiger partial charge on any atom is 0.419 e. The van der Waals surface area contributed by atoms with Crippen molar-refractivity contribution in [1.82, 2.24) is 0 Å². The van der Waals surface area contributed by atoms with E-state index in [1.165, 1.54) is 13.2 Å². The Morgan fingerprint density at radius 1 is 1.25 bits per heavy atom. The minimum absolute atomic E-state index is 0.139. The molecule has 0 saturated carbocycles. The van der Waals surface area contributed by atoms with Crippen molar-refractivity contribution >= 4 is 17.1 Å². The van der Waals surface area contributed by atoms with Gasteiger partial charge in [-0.25, -0.2) is 4.39 Å². The number of ether oxygens (including phenoxy) is 1. The number of methoxy groups -OCH3 is 1. The lowest BCUT2D eigenvalue weighted by Gasteiger charge is -2.08. The van der Waals surface area contributed by atoms with Crippen LogP contribution in [-0.2, 0) is 6.18 Å². The van der Waals surface area contributed by atoms with Crippen LogP contribution >= 0.6 is 11.3 Å². The first-order valence-electron chi connectivity index (χ1n) is 5.37. The van der Waals surface area contributed by atoms with E-state index in [4.69, 9.17) is 4.74 Å². The molecule has 0 unspecified atom stereocenters. The SMILES string of the molecule is COc1csc(C(=O)c2ccc(C(F)(F)F)c(F)c2)c1. The fourth-order valence-corrected chi connectivity index (χ4v) is 2.39. The van der Waals surface area contributed by atoms with Crippen LogP contribution in [0.3, 0.4) is 0 Å². The van der Waals surface area contributed by atoms with E-state index in [0.717, 1.165) is 17.4 Å². The Bertz CT molecular complexity index is 646. The molecule has 2 rings (SSSR count). The van der Waals surface area contributed by atoms with E-state index in [1.807, 2.05) is 0 Å². The fourth-order valence-electron chi connectivity index (χ4n) is 1.57. The summed E-state index contributed by atoms with van der Waals surface area (Å²) in [6, 6.07) is 3.56. The fraction of sp³-hybridized carbons (Fsp3) is 0.154. The molecule has 0 spiro atoms. The summed E-state index contributed by atoms with van der Waals surface area (Å²) < 4.78 is 55.5. The van der Waals surface area contributed by atoms with Crippen LogP contribution in [0.2, 0.25) is 0 Å². The van der Waals surface area contributed by atoms with Gasteiger partial charge in [0.05, 0.1) is 17.6 Å². The number of carbonyl (C=O) groups excluding carboxylic acids is 1. The first kappa shape index (κ1) is 14.5. The number of hydrogen-bond acceptors (Lipinski definition) is 3. The van der Waals surface area contributed by atoms with Gasteiger partial charge >= 0.3 is 6.18 Å². The molecule has 106 valence electrons. The van der Waals surface area contributed by atoms with Crippen molar-refractivity contribution in [2.24, 2.45) is 0 Å². The van der Waals surface area contributed by atoms with Gasteiger partial charge < -0.3 is 4.74 Å². The van der Waals surface area contributed by atoms with E-state index in [2.05, 4.69) is 0 Å². The molecule has 0 aliphatic rings. The van der Waals surface area contributed by atoms with Gasteiger partial charge in [-0.05, 0) is 12.1 Å². The van der Waals surface area contributed by atoms with Gasteiger partial charge in [0.1, 0.15) is 11.6 Å². The average molecular weight is 304 g/mol. The van der Waals surface area contributed by atoms with Crippen LogP contribution in [0, 0.1) is 5.82 Å². The molecule has 20 heavy (non-hydrogen) atoms. The average Bonchev–Trinajstić information content (AvgIpc) is 2.85. The highest BCUT2D eigenvalue weighted by atomic mass is 32.1. The van der Waals surface area contributed by atoms with Crippen LogP contribution in [0.1, 0.15) is 20.8 Å². The van der Waals surface area contributed by atoms with Crippen LogP contribution in [0.15, 0.2) is 29.6 Å². The second-order valence-corrected chi connectivity index (χ2v) is 4.78. The highest BCUT2D eigenvalue weighted by molar-refractivity contribution is 7.12. The van der Waals surface area contributed by atoms with Crippen LogP contribution < -0.4 is 4.74 Å². The zero-order valence-electron chi connectivity index (χ0n) is 10.1. The number of ketones is 1. The van der Waals surface area contributed by atoms with Crippen molar-refractivity contribution in [3.63, 3.8) is 0 Å². The van der Waals surface area contributed by atoms with Crippen LogP contribution in [0.4, 0.5) is 17.6 Å². The number of alkyl halides is 3. The summed E-state index contributed by atoms with van der Waals surface area (Å²) in [5, 5.41) is 1.58. The van der Waals surface area contributed by atoms with Gasteiger partial charge in [0.25, 0.3) is 0 Å². The topological polar surface area (TPSA) is 26.3 Å². The maximum atomic E-state index is 13.4. The summed E-state index contributed by atoms with van der Waals surface area (Å²) in [6.07, 6.45) is -4.78. The summed E-state index contributed by atoms with van der Waals surface area (Å²) in [6.45, 7) is 0. The molecule has 0 amide bonds. The number of benzene rings is 1. The smallest absolute Gasteiger partial charge is 0.419 e. The summed E-state index contributed by atoms with van der Waals surface area (Å²) in [5.41, 5.74) is -1.53. The van der Waals surface area contributed by atoms with Crippen molar-refractivity contribution < 1.29 is 27.1 Å². The second-order valence-electron chi connectivity index (χ2n) is 3.87. The molecule has 7 heteroatoms. The van der Waals surface area contributed by atoms with E-state index >= 15 is 0 Å². The zero-order valence-corrected chi connectivity index (χ0v) is 10.9. The van der Waals surface area contributed by atoms with Gasteiger partial charge in [0, 0.05) is 17.0 Å². The van der Waals surface area contributed by atoms with Crippen LogP contribution in [0.25, 0.3) is 0 Å². The summed E-state index contributed by atoms with van der Waals surface area (Å²) in [7, 11) is 1.42. The largest absolute Gasteiger partial charge is 0.496 e. The van der Waals surface area contributed by atoms with Gasteiger partial charge in [0.2, 0.25) is 5.78 Å². The van der Waals surface area contributed by atoms with Crippen molar-refractivity contribution in [3.05, 3.63) is 51.5 Å². The minimum atomic E-state index is -4.78. The van der Waals surface area contributed by atoms with Crippen LogP contribution in [-0.4, -0.2) is 12.9 Å². The molecule has 0 N–H and O–H groups in total. The van der Waals surface area contributed by atoms with Crippen molar-refractivity contribution in [3.8, 4) is 5.75 Å². The summed E-state index contributed by atoms with van der Waals surface area (Å²) in [5.74, 6) is -1.55. The third-order valence-corrected chi connectivity index (χ3v) is 3.48. The monoisotopic (exact) mass is 304 g/mol. The molecule has 0 fully saturated rings. The normalized spacial score (nSPS) is 11.4. The third-order valence-electron chi connectivity index (χ3n) is 2.57. The Morgan fingerprint density at radius 2 is 1.95 bits per heavy atom. The second kappa shape index (κ2) is 5.24. The highest BCUT2D eigenvalue weighted by Gasteiger charge is 2.34. The van der Waals surface area contributed by atoms with E-state index in [1.54, 1.807) is 5.38 Å². The van der Waals surface area contributed by atoms with Crippen molar-refractivity contribution in [1.29, 1.82) is 0 Å². The molecule has 1 aromatic heterocycles. The Balaban J connectivity index is 2.34. The quantitative estimate of drug-likeness (QED) is 0.629. The lowest BCUT2D eigenvalue weighted by atomic mass is 10.1. The first-order chi connectivity index (χ1) is 9.32. The lowest BCUT2D eigenvalue weighted by Crippen LogP contribution is -2.09. The molecule has 1 aromatic carbocycles. The molecule has 0 bridgehead atoms. The van der Waals surface area contributed by atoms with Crippen molar-refractivity contribution in [2.75, 3.05) is 7.11 Å². The molecule has 2 nitrogen and oxygen atoms in total. The lowest BCUT2D eigenvalue weighted by molar-refractivity contribution is -0.140. The molecule has 0 radical (unpaired) electrons. The Hall–Kier alpha value is -1.89. The summed E-state index contributed by atoms with van der Waals surface area (Å²) in [4.78, 5) is 12.3. The van der Waals surface area contributed by atoms with Gasteiger partial charge in [-0.1, -0.05) is 6.07 Å². The number of halogens is 4. The molecule has 0 aliphatic carbocycles. The predicted molar refractivity (Wildman–Crippen MR) is 65.7 cm³/mol. The molecule has 0 saturated heterocycles. The van der Waals surface area contributed by atoms with Gasteiger partial charge in [-0.2, -0.15) is 13.2 Å². The number of hydrogen-bond donors (Lipinski definition) is 0. The van der Waals surface area contributed by atoms with E-state index < -0.39 is 23.3 Å². The van der Waals surface area contributed by atoms with Gasteiger partial charge in [-0.15, -0.1) is 11.3 Å². The number of carbonyl (C=O) groups is 1. The number of thiophene rings is 1. The van der Waals surface area contributed by atoms with E-state index in [0.29, 0.717) is 17.9 Å². The zero-order chi connectivity index (χ0) is 14.9. The Morgan fingerprint density at radius 3 is 2.45 bits per heavy atom. The van der Waals surface area contributed by atoms with E-state index in [-0.39, 0.29) is 10.4 Å². The van der Waals surface area contributed by atoms with Crippen molar-refractivity contribution in [2.45, 2.75) is 6.18 Å². The molecule has 0 aliphatic heterocycles. The first-order valence-corrected chi connectivity index (χ1v) is 6.25. The Kier molecular flexibility index (Phi) is 3.80. The third kappa shape index (κ3) is 2.82. The maximum absolute atomic E-state index is 13.4. The van der Waals surface area contributed by atoms with Crippen LogP contribution in [0.5, 0.6) is 5.75 Å². The number of rotatable bonds is 3. The molecule has 2 aromatic rings. The molecular formula is C13H8F4O2S. The molecule has 0 atom stereocenters. The minimum Gasteiger partial charge on any atom is -0.496 e. The highest BCUT2D eigenvalue weighted by Crippen LogP contribution is 2.32. The van der Waals surface area contributed by atoms with Gasteiger partial charge in [-0.3, -0.25) is 4.79 Å². The summed E-state index contributed by atoms with van der Waals surface area (Å²) >= 11 is 1.07. The predicted octanol–water partition coefficient (Wildman–Crippen LogP) is 4.15. The molecule has 1 heterocycles. The molecular weight excluding hydrogens is 296 g/mol.